The molecule has 1 heterocycles. The van der Waals surface area contributed by atoms with Crippen LogP contribution in [0.3, 0.4) is 0 Å². The molecule has 31 heavy (non-hydrogen) atoms. The second-order valence-electron chi connectivity index (χ2n) is 11.2. The second-order valence-corrected chi connectivity index (χ2v) is 13.7. The molecule has 0 spiro atoms. The van der Waals surface area contributed by atoms with Gasteiger partial charge in [-0.3, -0.25) is 4.79 Å². The largest absolute Gasteiger partial charge is 0.507 e. The van der Waals surface area contributed by atoms with Crippen LogP contribution in [0.15, 0.2) is 12.1 Å². The predicted octanol–water partition coefficient (Wildman–Crippen LogP) is 4.17. The highest BCUT2D eigenvalue weighted by Gasteiger charge is 2.35. The minimum absolute atomic E-state index is 0.00696. The molecule has 0 saturated carbocycles. The molecule has 2 N–H and O–H groups in total. The number of nitrogens with zero attached hydrogens (tertiary/aromatic N) is 1. The zero-order valence-electron chi connectivity index (χ0n) is 20.5. The van der Waals surface area contributed by atoms with Crippen LogP contribution in [0.25, 0.3) is 0 Å². The van der Waals surface area contributed by atoms with Gasteiger partial charge in [-0.1, -0.05) is 48.5 Å². The number of hydrogen-bond donors (Lipinski definition) is 2. The lowest BCUT2D eigenvalue weighted by atomic mass is 9.78. The monoisotopic (exact) mass is 452 g/mol. The molecule has 2 atom stereocenters. The average Bonchev–Trinajstić information content (AvgIpc) is 2.61. The van der Waals surface area contributed by atoms with E-state index in [1.54, 1.807) is 30.3 Å². The van der Waals surface area contributed by atoms with Crippen molar-refractivity contribution < 1.29 is 18.3 Å². The van der Waals surface area contributed by atoms with E-state index in [2.05, 4.69) is 5.32 Å². The first-order chi connectivity index (χ1) is 14.0. The quantitative estimate of drug-likeness (QED) is 0.718. The molecular weight excluding hydrogens is 412 g/mol. The van der Waals surface area contributed by atoms with E-state index in [0.29, 0.717) is 25.1 Å². The summed E-state index contributed by atoms with van der Waals surface area (Å²) in [6.45, 7) is 18.3. The van der Waals surface area contributed by atoms with Crippen LogP contribution in [0.1, 0.15) is 90.2 Å². The molecule has 2 unspecified atom stereocenters. The maximum atomic E-state index is 13.2. The molecule has 1 aromatic rings. The Hall–Kier alpha value is -1.60. The summed E-state index contributed by atoms with van der Waals surface area (Å²) in [7, 11) is -3.29. The molecule has 1 aliphatic heterocycles. The lowest BCUT2D eigenvalue weighted by Crippen LogP contribution is -2.52. The summed E-state index contributed by atoms with van der Waals surface area (Å²) in [5.41, 5.74) is 1.39. The Morgan fingerprint density at radius 2 is 1.58 bits per heavy atom. The van der Waals surface area contributed by atoms with Gasteiger partial charge in [0.15, 0.2) is 0 Å². The number of nitrogens with one attached hydrogen (secondary N) is 1. The van der Waals surface area contributed by atoms with E-state index in [9.17, 15) is 18.3 Å². The van der Waals surface area contributed by atoms with Gasteiger partial charge in [-0.2, -0.15) is 0 Å². The van der Waals surface area contributed by atoms with Crippen molar-refractivity contribution in [2.75, 3.05) is 13.1 Å². The Morgan fingerprint density at radius 1 is 1.10 bits per heavy atom. The lowest BCUT2D eigenvalue weighted by molar-refractivity contribution is 0.0900. The zero-order valence-corrected chi connectivity index (χ0v) is 21.4. The number of phenolic OH excluding ortho intramolecular Hbond substituents is 1. The van der Waals surface area contributed by atoms with Gasteiger partial charge in [0.25, 0.3) is 5.91 Å². The van der Waals surface area contributed by atoms with Crippen LogP contribution < -0.4 is 5.32 Å². The van der Waals surface area contributed by atoms with Crippen LogP contribution in [0.2, 0.25) is 0 Å². The fourth-order valence-electron chi connectivity index (χ4n) is 4.01. The van der Waals surface area contributed by atoms with Crippen LogP contribution >= 0.6 is 0 Å². The zero-order chi connectivity index (χ0) is 23.9. The maximum Gasteiger partial charge on any atom is 0.251 e. The number of rotatable bonds is 4. The van der Waals surface area contributed by atoms with Crippen molar-refractivity contribution in [3.8, 4) is 5.75 Å². The molecule has 1 amide bonds. The van der Waals surface area contributed by atoms with Gasteiger partial charge in [0, 0.05) is 35.8 Å². The van der Waals surface area contributed by atoms with Crippen molar-refractivity contribution >= 4 is 15.9 Å². The van der Waals surface area contributed by atoms with Gasteiger partial charge in [-0.15, -0.1) is 0 Å². The molecule has 176 valence electrons. The van der Waals surface area contributed by atoms with Crippen molar-refractivity contribution in [1.29, 1.82) is 0 Å². The SMILES string of the molecule is CC1CN(S(=O)(=O)C(C)C)CCC1NC(=O)c1cc(C(C)(C)C)c(O)c(C(C)(C)C)c1. The molecule has 7 heteroatoms. The summed E-state index contributed by atoms with van der Waals surface area (Å²) in [6, 6.07) is 3.46. The summed E-state index contributed by atoms with van der Waals surface area (Å²) < 4.78 is 26.5. The summed E-state index contributed by atoms with van der Waals surface area (Å²) >= 11 is 0. The maximum absolute atomic E-state index is 13.2. The average molecular weight is 453 g/mol. The standard InChI is InChI=1S/C24H40N2O4S/c1-15(2)31(29,30)26-11-10-20(16(3)14-26)25-22(28)17-12-18(23(4,5)6)21(27)19(13-17)24(7,8)9/h12-13,15-16,20,27H,10-11,14H2,1-9H3,(H,25,28). The van der Waals surface area contributed by atoms with Gasteiger partial charge in [0.1, 0.15) is 5.75 Å². The smallest absolute Gasteiger partial charge is 0.251 e. The molecular formula is C24H40N2O4S. The first-order valence-corrected chi connectivity index (χ1v) is 12.6. The minimum atomic E-state index is -3.29. The second kappa shape index (κ2) is 8.74. The van der Waals surface area contributed by atoms with Crippen LogP contribution in [0, 0.1) is 5.92 Å². The fourth-order valence-corrected chi connectivity index (χ4v) is 5.41. The first kappa shape index (κ1) is 25.7. The molecule has 1 saturated heterocycles. The Kier molecular flexibility index (Phi) is 7.23. The van der Waals surface area contributed by atoms with Crippen LogP contribution in [-0.4, -0.2) is 48.1 Å². The van der Waals surface area contributed by atoms with E-state index in [1.807, 2.05) is 48.5 Å². The topological polar surface area (TPSA) is 86.7 Å². The third-order valence-corrected chi connectivity index (χ3v) is 8.37. The number of carbonyl (C=O) groups is 1. The van der Waals surface area contributed by atoms with E-state index >= 15 is 0 Å². The highest BCUT2D eigenvalue weighted by molar-refractivity contribution is 7.89. The third-order valence-electron chi connectivity index (χ3n) is 6.13. The molecule has 1 aromatic carbocycles. The van der Waals surface area contributed by atoms with E-state index in [-0.39, 0.29) is 34.4 Å². The van der Waals surface area contributed by atoms with Crippen LogP contribution in [0.4, 0.5) is 0 Å². The first-order valence-electron chi connectivity index (χ1n) is 11.1. The predicted molar refractivity (Wildman–Crippen MR) is 126 cm³/mol. The van der Waals surface area contributed by atoms with Gasteiger partial charge in [-0.25, -0.2) is 12.7 Å². The fraction of sp³-hybridized carbons (Fsp3) is 0.708. The Morgan fingerprint density at radius 3 is 1.97 bits per heavy atom. The molecule has 6 nitrogen and oxygen atoms in total. The van der Waals surface area contributed by atoms with Gasteiger partial charge in [0.2, 0.25) is 10.0 Å². The van der Waals surface area contributed by atoms with E-state index in [1.165, 1.54) is 0 Å². The summed E-state index contributed by atoms with van der Waals surface area (Å²) in [5, 5.41) is 13.6. The normalized spacial score (nSPS) is 21.4. The number of aromatic hydroxyl groups is 1. The van der Waals surface area contributed by atoms with Crippen LogP contribution in [-0.2, 0) is 20.9 Å². The summed E-state index contributed by atoms with van der Waals surface area (Å²) in [6.07, 6.45) is 0.579. The van der Waals surface area contributed by atoms with Gasteiger partial charge < -0.3 is 10.4 Å². The number of hydrogen-bond acceptors (Lipinski definition) is 4. The van der Waals surface area contributed by atoms with Crippen molar-refractivity contribution in [1.82, 2.24) is 9.62 Å². The summed E-state index contributed by atoms with van der Waals surface area (Å²) in [4.78, 5) is 13.2. The molecule has 0 aliphatic carbocycles. The molecule has 0 aromatic heterocycles. The van der Waals surface area contributed by atoms with Crippen molar-refractivity contribution in [2.24, 2.45) is 5.92 Å². The number of sulfonamides is 1. The van der Waals surface area contributed by atoms with Gasteiger partial charge in [0.05, 0.1) is 5.25 Å². The number of amides is 1. The molecule has 2 rings (SSSR count). The number of phenols is 1. The van der Waals surface area contributed by atoms with E-state index in [4.69, 9.17) is 0 Å². The number of benzene rings is 1. The summed E-state index contributed by atoms with van der Waals surface area (Å²) in [5.74, 6) is 0.0673. The lowest BCUT2D eigenvalue weighted by Gasteiger charge is -2.37. The molecule has 1 aliphatic rings. The van der Waals surface area contributed by atoms with Gasteiger partial charge in [-0.05, 0) is 49.1 Å². The molecule has 0 radical (unpaired) electrons. The van der Waals surface area contributed by atoms with Crippen molar-refractivity contribution in [2.45, 2.75) is 90.9 Å². The Bertz CT molecular complexity index is 889. The Labute approximate surface area is 188 Å². The Balaban J connectivity index is 2.29. The number of carbonyl (C=O) groups excluding carboxylic acids is 1. The molecule has 0 bridgehead atoms. The minimum Gasteiger partial charge on any atom is -0.507 e. The highest BCUT2D eigenvalue weighted by atomic mass is 32.2. The van der Waals surface area contributed by atoms with Crippen LogP contribution in [0.5, 0.6) is 5.75 Å². The van der Waals surface area contributed by atoms with E-state index in [0.717, 1.165) is 11.1 Å². The van der Waals surface area contributed by atoms with Gasteiger partial charge >= 0.3 is 0 Å². The third kappa shape index (κ3) is 5.61. The van der Waals surface area contributed by atoms with Crippen molar-refractivity contribution in [3.05, 3.63) is 28.8 Å². The van der Waals surface area contributed by atoms with E-state index < -0.39 is 15.3 Å². The van der Waals surface area contributed by atoms with Crippen molar-refractivity contribution in [3.63, 3.8) is 0 Å². The highest BCUT2D eigenvalue weighted by Crippen LogP contribution is 2.39. The number of piperidine rings is 1. The molecule has 1 fully saturated rings.